The molecule has 1 aromatic rings. The van der Waals surface area contributed by atoms with Crippen LogP contribution in [-0.2, 0) is 0 Å². The zero-order valence-corrected chi connectivity index (χ0v) is 10.3. The molecule has 1 unspecified atom stereocenters. The summed E-state index contributed by atoms with van der Waals surface area (Å²) in [5.41, 5.74) is 11.6. The molecule has 0 amide bonds. The Morgan fingerprint density at radius 2 is 1.81 bits per heavy atom. The van der Waals surface area contributed by atoms with Crippen molar-refractivity contribution >= 4 is 11.9 Å². The van der Waals surface area contributed by atoms with Gasteiger partial charge in [0.25, 0.3) is 0 Å². The van der Waals surface area contributed by atoms with Crippen molar-refractivity contribution in [2.75, 3.05) is 24.7 Å². The van der Waals surface area contributed by atoms with Crippen molar-refractivity contribution in [1.29, 1.82) is 0 Å². The average molecular weight is 224 g/mol. The first-order chi connectivity index (χ1) is 7.40. The number of nitrogens with two attached hydrogens (primary N) is 2. The third-order valence-corrected chi connectivity index (χ3v) is 2.12. The van der Waals surface area contributed by atoms with E-state index in [4.69, 9.17) is 11.5 Å². The van der Waals surface area contributed by atoms with E-state index >= 15 is 0 Å². The number of hydrogen-bond donors (Lipinski definition) is 2. The molecule has 1 heterocycles. The summed E-state index contributed by atoms with van der Waals surface area (Å²) in [6.07, 6.45) is 0.830. The van der Waals surface area contributed by atoms with Crippen LogP contribution in [0.15, 0.2) is 0 Å². The molecular weight excluding hydrogens is 204 g/mol. The molecule has 1 atom stereocenters. The summed E-state index contributed by atoms with van der Waals surface area (Å²) in [6, 6.07) is -0.191. The lowest BCUT2D eigenvalue weighted by atomic mass is 10.0. The van der Waals surface area contributed by atoms with Gasteiger partial charge in [-0.05, 0) is 12.3 Å². The van der Waals surface area contributed by atoms with Gasteiger partial charge in [0.2, 0.25) is 11.9 Å². The average Bonchev–Trinajstić information content (AvgIpc) is 2.15. The van der Waals surface area contributed by atoms with Gasteiger partial charge in [-0.1, -0.05) is 13.8 Å². The van der Waals surface area contributed by atoms with Crippen LogP contribution in [0.3, 0.4) is 0 Å². The molecule has 6 nitrogen and oxygen atoms in total. The molecule has 1 rings (SSSR count). The van der Waals surface area contributed by atoms with E-state index in [1.807, 2.05) is 14.1 Å². The standard InChI is InChI=1S/C10H20N6/c1-6(2)5-7(11)8-13-9(12)15-10(14-8)16(3)4/h6-7H,5,11H2,1-4H3,(H2,12,13,14,15). The Bertz CT molecular complexity index is 349. The second-order valence-electron chi connectivity index (χ2n) is 4.48. The third-order valence-electron chi connectivity index (χ3n) is 2.12. The molecule has 0 aliphatic carbocycles. The normalized spacial score (nSPS) is 12.9. The summed E-state index contributed by atoms with van der Waals surface area (Å²) in [5, 5.41) is 0. The highest BCUT2D eigenvalue weighted by Gasteiger charge is 2.14. The number of nitrogen functional groups attached to an aromatic ring is 1. The van der Waals surface area contributed by atoms with E-state index in [-0.39, 0.29) is 12.0 Å². The Hall–Kier alpha value is -1.43. The van der Waals surface area contributed by atoms with Gasteiger partial charge in [-0.3, -0.25) is 0 Å². The van der Waals surface area contributed by atoms with E-state index < -0.39 is 0 Å². The Morgan fingerprint density at radius 1 is 1.19 bits per heavy atom. The Balaban J connectivity index is 2.95. The van der Waals surface area contributed by atoms with Crippen molar-refractivity contribution in [3.05, 3.63) is 5.82 Å². The lowest BCUT2D eigenvalue weighted by molar-refractivity contribution is 0.492. The van der Waals surface area contributed by atoms with Gasteiger partial charge in [0.05, 0.1) is 6.04 Å². The topological polar surface area (TPSA) is 93.9 Å². The predicted molar refractivity (Wildman–Crippen MR) is 64.9 cm³/mol. The first-order valence-corrected chi connectivity index (χ1v) is 5.34. The molecular formula is C10H20N6. The van der Waals surface area contributed by atoms with Crippen LogP contribution >= 0.6 is 0 Å². The van der Waals surface area contributed by atoms with Gasteiger partial charge in [0, 0.05) is 14.1 Å². The number of aromatic nitrogens is 3. The molecule has 0 bridgehead atoms. The number of nitrogens with zero attached hydrogens (tertiary/aromatic N) is 4. The second-order valence-corrected chi connectivity index (χ2v) is 4.48. The van der Waals surface area contributed by atoms with Gasteiger partial charge in [0.15, 0.2) is 5.82 Å². The molecule has 16 heavy (non-hydrogen) atoms. The fourth-order valence-electron chi connectivity index (χ4n) is 1.38. The number of hydrogen-bond acceptors (Lipinski definition) is 6. The maximum Gasteiger partial charge on any atom is 0.229 e. The van der Waals surface area contributed by atoms with E-state index in [2.05, 4.69) is 28.8 Å². The minimum absolute atomic E-state index is 0.191. The summed E-state index contributed by atoms with van der Waals surface area (Å²) >= 11 is 0. The quantitative estimate of drug-likeness (QED) is 0.776. The van der Waals surface area contributed by atoms with E-state index in [0.29, 0.717) is 17.7 Å². The molecule has 0 spiro atoms. The fraction of sp³-hybridized carbons (Fsp3) is 0.700. The van der Waals surface area contributed by atoms with Crippen LogP contribution in [0.4, 0.5) is 11.9 Å². The molecule has 6 heteroatoms. The number of rotatable bonds is 4. The molecule has 0 aromatic carbocycles. The summed E-state index contributed by atoms with van der Waals surface area (Å²) in [4.78, 5) is 14.2. The van der Waals surface area contributed by atoms with Crippen LogP contribution in [-0.4, -0.2) is 29.0 Å². The van der Waals surface area contributed by atoms with Crippen LogP contribution in [0.2, 0.25) is 0 Å². The first-order valence-electron chi connectivity index (χ1n) is 5.34. The van der Waals surface area contributed by atoms with E-state index in [1.54, 1.807) is 4.90 Å². The van der Waals surface area contributed by atoms with Crippen molar-refractivity contribution < 1.29 is 0 Å². The summed E-state index contributed by atoms with van der Waals surface area (Å²) in [5.74, 6) is 1.82. The Labute approximate surface area is 96.1 Å². The SMILES string of the molecule is CC(C)CC(N)c1nc(N)nc(N(C)C)n1. The lowest BCUT2D eigenvalue weighted by Gasteiger charge is -2.16. The smallest absolute Gasteiger partial charge is 0.229 e. The van der Waals surface area contributed by atoms with Gasteiger partial charge in [0.1, 0.15) is 0 Å². The highest BCUT2D eigenvalue weighted by Crippen LogP contribution is 2.17. The highest BCUT2D eigenvalue weighted by molar-refractivity contribution is 5.33. The monoisotopic (exact) mass is 224 g/mol. The third kappa shape index (κ3) is 3.30. The van der Waals surface area contributed by atoms with Crippen molar-refractivity contribution in [3.63, 3.8) is 0 Å². The molecule has 0 fully saturated rings. The van der Waals surface area contributed by atoms with E-state index in [1.165, 1.54) is 0 Å². The van der Waals surface area contributed by atoms with Crippen LogP contribution in [0.25, 0.3) is 0 Å². The molecule has 1 aromatic heterocycles. The van der Waals surface area contributed by atoms with Crippen molar-refractivity contribution in [1.82, 2.24) is 15.0 Å². The molecule has 0 aliphatic rings. The first kappa shape index (κ1) is 12.6. The van der Waals surface area contributed by atoms with Crippen LogP contribution in [0, 0.1) is 5.92 Å². The fourth-order valence-corrected chi connectivity index (χ4v) is 1.38. The second kappa shape index (κ2) is 5.07. The van der Waals surface area contributed by atoms with Crippen molar-refractivity contribution in [3.8, 4) is 0 Å². The molecule has 0 aliphatic heterocycles. The van der Waals surface area contributed by atoms with Crippen LogP contribution in [0.5, 0.6) is 0 Å². The van der Waals surface area contributed by atoms with Crippen molar-refractivity contribution in [2.24, 2.45) is 11.7 Å². The number of anilines is 2. The zero-order chi connectivity index (χ0) is 12.3. The predicted octanol–water partition coefficient (Wildman–Crippen LogP) is 0.566. The minimum Gasteiger partial charge on any atom is -0.368 e. The largest absolute Gasteiger partial charge is 0.368 e. The van der Waals surface area contributed by atoms with E-state index in [0.717, 1.165) is 6.42 Å². The van der Waals surface area contributed by atoms with Gasteiger partial charge in [-0.25, -0.2) is 0 Å². The summed E-state index contributed by atoms with van der Waals surface area (Å²) < 4.78 is 0. The maximum absolute atomic E-state index is 6.01. The molecule has 4 N–H and O–H groups in total. The van der Waals surface area contributed by atoms with E-state index in [9.17, 15) is 0 Å². The summed E-state index contributed by atoms with van der Waals surface area (Å²) in [6.45, 7) is 4.22. The molecule has 0 saturated carbocycles. The highest BCUT2D eigenvalue weighted by atomic mass is 15.3. The van der Waals surface area contributed by atoms with Gasteiger partial charge < -0.3 is 16.4 Å². The molecule has 90 valence electrons. The molecule has 0 saturated heterocycles. The molecule has 0 radical (unpaired) electrons. The van der Waals surface area contributed by atoms with Gasteiger partial charge >= 0.3 is 0 Å². The Morgan fingerprint density at radius 3 is 2.31 bits per heavy atom. The Kier molecular flexibility index (Phi) is 4.00. The van der Waals surface area contributed by atoms with Crippen LogP contribution < -0.4 is 16.4 Å². The van der Waals surface area contributed by atoms with Crippen LogP contribution in [0.1, 0.15) is 32.1 Å². The zero-order valence-electron chi connectivity index (χ0n) is 10.3. The minimum atomic E-state index is -0.191. The summed E-state index contributed by atoms with van der Waals surface area (Å²) in [7, 11) is 3.71. The van der Waals surface area contributed by atoms with Gasteiger partial charge in [-0.15, -0.1) is 0 Å². The lowest BCUT2D eigenvalue weighted by Crippen LogP contribution is -2.21. The van der Waals surface area contributed by atoms with Crippen molar-refractivity contribution in [2.45, 2.75) is 26.3 Å². The maximum atomic E-state index is 6.01. The van der Waals surface area contributed by atoms with Gasteiger partial charge in [-0.2, -0.15) is 15.0 Å².